The number of methoxy groups -OCH3 is 1. The average molecular weight is 243 g/mol. The lowest BCUT2D eigenvalue weighted by Crippen LogP contribution is -2.32. The van der Waals surface area contributed by atoms with Crippen LogP contribution in [-0.2, 0) is 11.2 Å². The van der Waals surface area contributed by atoms with Crippen molar-refractivity contribution in [2.24, 2.45) is 0 Å². The van der Waals surface area contributed by atoms with Crippen molar-refractivity contribution in [3.05, 3.63) is 35.4 Å². The van der Waals surface area contributed by atoms with Gasteiger partial charge in [0.2, 0.25) is 0 Å². The summed E-state index contributed by atoms with van der Waals surface area (Å²) in [7, 11) is 1.64. The van der Waals surface area contributed by atoms with E-state index in [2.05, 4.69) is 5.32 Å². The normalized spacial score (nSPS) is 12.7. The van der Waals surface area contributed by atoms with Crippen molar-refractivity contribution in [2.75, 3.05) is 20.3 Å². The molecule has 0 fully saturated rings. The van der Waals surface area contributed by atoms with Crippen LogP contribution < -0.4 is 5.32 Å². The van der Waals surface area contributed by atoms with Gasteiger partial charge in [-0.15, -0.1) is 0 Å². The number of halogens is 2. The number of ether oxygens (including phenoxy) is 1. The molecule has 0 saturated carbocycles. The van der Waals surface area contributed by atoms with Crippen molar-refractivity contribution in [3.8, 4) is 0 Å². The summed E-state index contributed by atoms with van der Waals surface area (Å²) in [6, 6.07) is 3.82. The highest BCUT2D eigenvalue weighted by Gasteiger charge is 2.09. The summed E-state index contributed by atoms with van der Waals surface area (Å²) in [5.41, 5.74) is 0.671. The Morgan fingerprint density at radius 2 is 1.88 bits per heavy atom. The van der Waals surface area contributed by atoms with Crippen LogP contribution in [-0.4, -0.2) is 26.3 Å². The minimum atomic E-state index is -0.526. The molecule has 4 heteroatoms. The maximum Gasteiger partial charge on any atom is 0.126 e. The molecular weight excluding hydrogens is 224 g/mol. The third-order valence-electron chi connectivity index (χ3n) is 2.57. The summed E-state index contributed by atoms with van der Waals surface area (Å²) in [5, 5.41) is 3.28. The molecule has 0 aliphatic carbocycles. The van der Waals surface area contributed by atoms with Gasteiger partial charge in [-0.3, -0.25) is 0 Å². The van der Waals surface area contributed by atoms with E-state index in [1.54, 1.807) is 7.11 Å². The van der Waals surface area contributed by atoms with Gasteiger partial charge in [-0.1, -0.05) is 6.92 Å². The van der Waals surface area contributed by atoms with Gasteiger partial charge in [-0.05, 0) is 37.1 Å². The van der Waals surface area contributed by atoms with Crippen LogP contribution in [0.3, 0.4) is 0 Å². The Balaban J connectivity index is 2.63. The highest BCUT2D eigenvalue weighted by atomic mass is 19.1. The van der Waals surface area contributed by atoms with Gasteiger partial charge in [-0.2, -0.15) is 0 Å². The van der Waals surface area contributed by atoms with Crippen molar-refractivity contribution >= 4 is 0 Å². The Bertz CT molecular complexity index is 324. The first kappa shape index (κ1) is 14.1. The van der Waals surface area contributed by atoms with Gasteiger partial charge < -0.3 is 10.1 Å². The summed E-state index contributed by atoms with van der Waals surface area (Å²) in [4.78, 5) is 0. The molecule has 96 valence electrons. The minimum absolute atomic E-state index is 0.182. The first-order valence-electron chi connectivity index (χ1n) is 5.83. The summed E-state index contributed by atoms with van der Waals surface area (Å²) in [5.74, 6) is -1.05. The molecule has 1 N–H and O–H groups in total. The third kappa shape index (κ3) is 5.24. The van der Waals surface area contributed by atoms with Gasteiger partial charge in [-0.25, -0.2) is 8.78 Å². The Labute approximate surface area is 101 Å². The topological polar surface area (TPSA) is 21.3 Å². The predicted molar refractivity (Wildman–Crippen MR) is 64.0 cm³/mol. The number of hydrogen-bond donors (Lipinski definition) is 1. The molecule has 1 atom stereocenters. The predicted octanol–water partition coefficient (Wildman–Crippen LogP) is 2.52. The van der Waals surface area contributed by atoms with Crippen LogP contribution in [0, 0.1) is 11.6 Å². The molecular formula is C13H19F2NO. The molecule has 0 aliphatic rings. The van der Waals surface area contributed by atoms with Crippen LogP contribution >= 0.6 is 0 Å². The fourth-order valence-electron chi connectivity index (χ4n) is 1.84. The number of benzene rings is 1. The van der Waals surface area contributed by atoms with E-state index in [1.165, 1.54) is 12.1 Å². The van der Waals surface area contributed by atoms with Crippen LogP contribution in [0.5, 0.6) is 0 Å². The molecule has 0 saturated heterocycles. The van der Waals surface area contributed by atoms with Gasteiger partial charge in [0, 0.05) is 25.8 Å². The molecule has 1 aromatic rings. The minimum Gasteiger partial charge on any atom is -0.385 e. The van der Waals surface area contributed by atoms with Gasteiger partial charge in [0.15, 0.2) is 0 Å². The first-order chi connectivity index (χ1) is 8.15. The molecule has 0 aromatic heterocycles. The zero-order chi connectivity index (χ0) is 12.7. The lowest BCUT2D eigenvalue weighted by atomic mass is 10.0. The van der Waals surface area contributed by atoms with E-state index in [0.717, 1.165) is 19.0 Å². The van der Waals surface area contributed by atoms with Gasteiger partial charge >= 0.3 is 0 Å². The molecule has 0 amide bonds. The van der Waals surface area contributed by atoms with E-state index in [9.17, 15) is 8.78 Å². The SMILES string of the molecule is CCNC(CCOC)Cc1cc(F)cc(F)c1. The first-order valence-corrected chi connectivity index (χ1v) is 5.83. The Morgan fingerprint density at radius 3 is 2.41 bits per heavy atom. The maximum absolute atomic E-state index is 13.0. The van der Waals surface area contributed by atoms with E-state index in [4.69, 9.17) is 4.74 Å². The second kappa shape index (κ2) is 7.35. The molecule has 0 bridgehead atoms. The van der Waals surface area contributed by atoms with Crippen LogP contribution in [0.1, 0.15) is 18.9 Å². The monoisotopic (exact) mass is 243 g/mol. The lowest BCUT2D eigenvalue weighted by Gasteiger charge is -2.17. The average Bonchev–Trinajstić information content (AvgIpc) is 2.24. The van der Waals surface area contributed by atoms with E-state index in [0.29, 0.717) is 18.6 Å². The van der Waals surface area contributed by atoms with Crippen LogP contribution in [0.2, 0.25) is 0 Å². The number of rotatable bonds is 7. The fourth-order valence-corrected chi connectivity index (χ4v) is 1.84. The standard InChI is InChI=1S/C13H19F2NO/c1-3-16-13(4-5-17-2)8-10-6-11(14)9-12(15)7-10/h6-7,9,13,16H,3-5,8H2,1-2H3. The molecule has 1 unspecified atom stereocenters. The molecule has 0 radical (unpaired) electrons. The van der Waals surface area contributed by atoms with E-state index in [1.807, 2.05) is 6.92 Å². The molecule has 0 aliphatic heterocycles. The van der Waals surface area contributed by atoms with E-state index in [-0.39, 0.29) is 6.04 Å². The second-order valence-corrected chi connectivity index (χ2v) is 4.02. The number of nitrogens with one attached hydrogen (secondary N) is 1. The summed E-state index contributed by atoms with van der Waals surface area (Å²) in [6.45, 7) is 3.47. The second-order valence-electron chi connectivity index (χ2n) is 4.02. The summed E-state index contributed by atoms with van der Waals surface area (Å²) in [6.07, 6.45) is 1.42. The molecule has 2 nitrogen and oxygen atoms in total. The fraction of sp³-hybridized carbons (Fsp3) is 0.538. The highest BCUT2D eigenvalue weighted by Crippen LogP contribution is 2.11. The maximum atomic E-state index is 13.0. The van der Waals surface area contributed by atoms with Crippen molar-refractivity contribution in [1.29, 1.82) is 0 Å². The Hall–Kier alpha value is -1.00. The van der Waals surface area contributed by atoms with Crippen LogP contribution in [0.4, 0.5) is 8.78 Å². The third-order valence-corrected chi connectivity index (χ3v) is 2.57. The molecule has 0 heterocycles. The van der Waals surface area contributed by atoms with Crippen molar-refractivity contribution < 1.29 is 13.5 Å². The van der Waals surface area contributed by atoms with Crippen molar-refractivity contribution in [2.45, 2.75) is 25.8 Å². The van der Waals surface area contributed by atoms with E-state index >= 15 is 0 Å². The zero-order valence-electron chi connectivity index (χ0n) is 10.3. The smallest absolute Gasteiger partial charge is 0.126 e. The van der Waals surface area contributed by atoms with E-state index < -0.39 is 11.6 Å². The summed E-state index contributed by atoms with van der Waals surface area (Å²) < 4.78 is 31.1. The quantitative estimate of drug-likeness (QED) is 0.794. The van der Waals surface area contributed by atoms with Gasteiger partial charge in [0.25, 0.3) is 0 Å². The molecule has 17 heavy (non-hydrogen) atoms. The molecule has 1 rings (SSSR count). The summed E-state index contributed by atoms with van der Waals surface area (Å²) >= 11 is 0. The van der Waals surface area contributed by atoms with Crippen molar-refractivity contribution in [1.82, 2.24) is 5.32 Å². The largest absolute Gasteiger partial charge is 0.385 e. The Morgan fingerprint density at radius 1 is 1.24 bits per heavy atom. The van der Waals surface area contributed by atoms with Crippen LogP contribution in [0.25, 0.3) is 0 Å². The number of hydrogen-bond acceptors (Lipinski definition) is 2. The lowest BCUT2D eigenvalue weighted by molar-refractivity contribution is 0.183. The zero-order valence-corrected chi connectivity index (χ0v) is 10.3. The Kier molecular flexibility index (Phi) is 6.08. The van der Waals surface area contributed by atoms with Gasteiger partial charge in [0.1, 0.15) is 11.6 Å². The molecule has 0 spiro atoms. The van der Waals surface area contributed by atoms with Gasteiger partial charge in [0.05, 0.1) is 0 Å². The van der Waals surface area contributed by atoms with Crippen molar-refractivity contribution in [3.63, 3.8) is 0 Å². The highest BCUT2D eigenvalue weighted by molar-refractivity contribution is 5.18. The molecule has 1 aromatic carbocycles. The number of likely N-dealkylation sites (N-methyl/N-ethyl adjacent to an activating group) is 1. The van der Waals surface area contributed by atoms with Crippen LogP contribution in [0.15, 0.2) is 18.2 Å².